The first-order valence-electron chi connectivity index (χ1n) is 3.96. The Morgan fingerprint density at radius 3 is 2.45 bits per heavy atom. The second kappa shape index (κ2) is 6.54. The van der Waals surface area contributed by atoms with E-state index in [2.05, 4.69) is 5.32 Å². The summed E-state index contributed by atoms with van der Waals surface area (Å²) in [6.45, 7) is 3.40. The highest BCUT2D eigenvalue weighted by Crippen LogP contribution is 1.98. The van der Waals surface area contributed by atoms with Crippen LogP contribution in [-0.2, 0) is 0 Å². The SMILES string of the molecule is C[C@@H](CCC(O)O)NCCN. The molecule has 0 saturated heterocycles. The van der Waals surface area contributed by atoms with Crippen LogP contribution in [0.4, 0.5) is 0 Å². The molecule has 0 heterocycles. The fraction of sp³-hybridized carbons (Fsp3) is 1.00. The van der Waals surface area contributed by atoms with E-state index in [1.807, 2.05) is 6.92 Å². The molecule has 0 rings (SSSR count). The molecular formula is C7H18N2O2. The number of hydrogen-bond donors (Lipinski definition) is 4. The van der Waals surface area contributed by atoms with Crippen LogP contribution in [-0.4, -0.2) is 35.6 Å². The third-order valence-corrected chi connectivity index (χ3v) is 1.50. The molecule has 0 aromatic heterocycles. The summed E-state index contributed by atoms with van der Waals surface area (Å²) in [6, 6.07) is 0.306. The summed E-state index contributed by atoms with van der Waals surface area (Å²) in [5.41, 5.74) is 5.27. The van der Waals surface area contributed by atoms with Crippen molar-refractivity contribution in [2.75, 3.05) is 13.1 Å². The Hall–Kier alpha value is -0.160. The normalized spacial score (nSPS) is 13.9. The lowest BCUT2D eigenvalue weighted by Crippen LogP contribution is -2.31. The highest BCUT2D eigenvalue weighted by molar-refractivity contribution is 4.60. The molecule has 0 radical (unpaired) electrons. The van der Waals surface area contributed by atoms with Crippen LogP contribution in [0.5, 0.6) is 0 Å². The van der Waals surface area contributed by atoms with Crippen molar-refractivity contribution in [1.29, 1.82) is 0 Å². The minimum atomic E-state index is -1.18. The molecule has 0 aliphatic heterocycles. The van der Waals surface area contributed by atoms with E-state index in [4.69, 9.17) is 15.9 Å². The molecule has 0 aliphatic rings. The zero-order chi connectivity index (χ0) is 8.69. The zero-order valence-corrected chi connectivity index (χ0v) is 6.95. The molecule has 4 heteroatoms. The van der Waals surface area contributed by atoms with Crippen molar-refractivity contribution < 1.29 is 10.2 Å². The molecule has 0 amide bonds. The Morgan fingerprint density at radius 2 is 2.00 bits per heavy atom. The molecule has 0 unspecified atom stereocenters. The molecule has 0 fully saturated rings. The lowest BCUT2D eigenvalue weighted by Gasteiger charge is -2.12. The molecule has 0 aromatic carbocycles. The van der Waals surface area contributed by atoms with Crippen molar-refractivity contribution in [3.63, 3.8) is 0 Å². The molecule has 4 nitrogen and oxygen atoms in total. The maximum Gasteiger partial charge on any atom is 0.151 e. The van der Waals surface area contributed by atoms with Crippen LogP contribution in [0.2, 0.25) is 0 Å². The number of aliphatic hydroxyl groups is 2. The standard InChI is InChI=1S/C7H18N2O2/c1-6(9-5-4-8)2-3-7(10)11/h6-7,9-11H,2-5,8H2,1H3/t6-/m0/s1. The van der Waals surface area contributed by atoms with Gasteiger partial charge in [-0.1, -0.05) is 0 Å². The Balaban J connectivity index is 3.15. The first-order chi connectivity index (χ1) is 5.16. The summed E-state index contributed by atoms with van der Waals surface area (Å²) in [6.07, 6.45) is -0.00623. The van der Waals surface area contributed by atoms with E-state index in [1.165, 1.54) is 0 Å². The number of rotatable bonds is 6. The van der Waals surface area contributed by atoms with E-state index in [0.717, 1.165) is 13.0 Å². The Morgan fingerprint density at radius 1 is 1.36 bits per heavy atom. The molecule has 0 aliphatic carbocycles. The highest BCUT2D eigenvalue weighted by Gasteiger charge is 2.02. The van der Waals surface area contributed by atoms with E-state index in [9.17, 15) is 0 Å². The van der Waals surface area contributed by atoms with Gasteiger partial charge in [-0.25, -0.2) is 0 Å². The van der Waals surface area contributed by atoms with Gasteiger partial charge in [-0.05, 0) is 19.8 Å². The van der Waals surface area contributed by atoms with Crippen LogP contribution in [0.15, 0.2) is 0 Å². The lowest BCUT2D eigenvalue weighted by atomic mass is 10.2. The second-order valence-electron chi connectivity index (χ2n) is 2.70. The molecule has 1 atom stereocenters. The molecule has 5 N–H and O–H groups in total. The molecule has 0 saturated carbocycles. The Labute approximate surface area is 67.4 Å². The maximum absolute atomic E-state index is 8.53. The fourth-order valence-electron chi connectivity index (χ4n) is 0.831. The minimum Gasteiger partial charge on any atom is -0.368 e. The first-order valence-corrected chi connectivity index (χ1v) is 3.96. The summed E-state index contributed by atoms with van der Waals surface area (Å²) in [5, 5.41) is 20.2. The molecule has 0 spiro atoms. The van der Waals surface area contributed by atoms with Gasteiger partial charge in [0.1, 0.15) is 0 Å². The lowest BCUT2D eigenvalue weighted by molar-refractivity contribution is -0.0475. The molecular weight excluding hydrogens is 144 g/mol. The van der Waals surface area contributed by atoms with Crippen molar-refractivity contribution in [3.8, 4) is 0 Å². The Bertz CT molecular complexity index is 88.5. The quantitative estimate of drug-likeness (QED) is 0.378. The van der Waals surface area contributed by atoms with Gasteiger partial charge in [0.15, 0.2) is 6.29 Å². The number of aliphatic hydroxyl groups excluding tert-OH is 1. The van der Waals surface area contributed by atoms with Crippen LogP contribution in [0.3, 0.4) is 0 Å². The summed E-state index contributed by atoms with van der Waals surface area (Å²) >= 11 is 0. The van der Waals surface area contributed by atoms with Crippen LogP contribution < -0.4 is 11.1 Å². The number of nitrogens with two attached hydrogens (primary N) is 1. The zero-order valence-electron chi connectivity index (χ0n) is 6.95. The predicted molar refractivity (Wildman–Crippen MR) is 44.0 cm³/mol. The van der Waals surface area contributed by atoms with Crippen molar-refractivity contribution in [2.24, 2.45) is 5.73 Å². The Kier molecular flexibility index (Phi) is 6.45. The van der Waals surface area contributed by atoms with Gasteiger partial charge in [0, 0.05) is 19.1 Å². The first kappa shape index (κ1) is 10.8. The average molecular weight is 162 g/mol. The molecule has 68 valence electrons. The fourth-order valence-corrected chi connectivity index (χ4v) is 0.831. The highest BCUT2D eigenvalue weighted by atomic mass is 16.5. The van der Waals surface area contributed by atoms with E-state index in [-0.39, 0.29) is 0 Å². The predicted octanol–water partition coefficient (Wildman–Crippen LogP) is -0.986. The summed E-state index contributed by atoms with van der Waals surface area (Å²) in [4.78, 5) is 0. The van der Waals surface area contributed by atoms with E-state index in [1.54, 1.807) is 0 Å². The van der Waals surface area contributed by atoms with Gasteiger partial charge in [-0.15, -0.1) is 0 Å². The number of nitrogens with one attached hydrogen (secondary N) is 1. The van der Waals surface area contributed by atoms with Crippen LogP contribution >= 0.6 is 0 Å². The van der Waals surface area contributed by atoms with Gasteiger partial charge >= 0.3 is 0 Å². The van der Waals surface area contributed by atoms with Gasteiger partial charge in [0.25, 0.3) is 0 Å². The third-order valence-electron chi connectivity index (χ3n) is 1.50. The van der Waals surface area contributed by atoms with Crippen LogP contribution in [0, 0.1) is 0 Å². The van der Waals surface area contributed by atoms with Crippen molar-refractivity contribution in [3.05, 3.63) is 0 Å². The third kappa shape index (κ3) is 7.74. The minimum absolute atomic E-state index is 0.306. The molecule has 0 bridgehead atoms. The van der Waals surface area contributed by atoms with Crippen molar-refractivity contribution in [1.82, 2.24) is 5.32 Å². The van der Waals surface area contributed by atoms with Crippen molar-refractivity contribution in [2.45, 2.75) is 32.1 Å². The number of hydrogen-bond acceptors (Lipinski definition) is 4. The van der Waals surface area contributed by atoms with Gasteiger partial charge in [-0.3, -0.25) is 0 Å². The topological polar surface area (TPSA) is 78.5 Å². The van der Waals surface area contributed by atoms with E-state index in [0.29, 0.717) is 19.0 Å². The van der Waals surface area contributed by atoms with Gasteiger partial charge < -0.3 is 21.3 Å². The van der Waals surface area contributed by atoms with Gasteiger partial charge in [0.2, 0.25) is 0 Å². The van der Waals surface area contributed by atoms with E-state index < -0.39 is 6.29 Å². The molecule has 0 aromatic rings. The van der Waals surface area contributed by atoms with Crippen LogP contribution in [0.25, 0.3) is 0 Å². The summed E-state index contributed by atoms with van der Waals surface area (Å²) in [5.74, 6) is 0. The summed E-state index contributed by atoms with van der Waals surface area (Å²) in [7, 11) is 0. The largest absolute Gasteiger partial charge is 0.368 e. The average Bonchev–Trinajstić information content (AvgIpc) is 1.97. The van der Waals surface area contributed by atoms with Crippen molar-refractivity contribution >= 4 is 0 Å². The maximum atomic E-state index is 8.53. The smallest absolute Gasteiger partial charge is 0.151 e. The second-order valence-corrected chi connectivity index (χ2v) is 2.70. The monoisotopic (exact) mass is 162 g/mol. The van der Waals surface area contributed by atoms with E-state index >= 15 is 0 Å². The van der Waals surface area contributed by atoms with Gasteiger partial charge in [-0.2, -0.15) is 0 Å². The van der Waals surface area contributed by atoms with Crippen LogP contribution in [0.1, 0.15) is 19.8 Å². The van der Waals surface area contributed by atoms with Gasteiger partial charge in [0.05, 0.1) is 0 Å². The molecule has 11 heavy (non-hydrogen) atoms. The summed E-state index contributed by atoms with van der Waals surface area (Å²) < 4.78 is 0.